The molecule has 1 aromatic carbocycles. The second-order valence-corrected chi connectivity index (χ2v) is 8.68. The molecule has 1 saturated heterocycles. The van der Waals surface area contributed by atoms with Crippen molar-refractivity contribution >= 4 is 21.6 Å². The fraction of sp³-hybridized carbons (Fsp3) is 0.500. The van der Waals surface area contributed by atoms with Crippen molar-refractivity contribution in [3.8, 4) is 0 Å². The number of aromatic nitrogens is 3. The van der Waals surface area contributed by atoms with Crippen molar-refractivity contribution in [1.29, 1.82) is 0 Å². The highest BCUT2D eigenvalue weighted by Gasteiger charge is 2.32. The van der Waals surface area contributed by atoms with E-state index in [1.54, 1.807) is 29.8 Å². The number of sulfonamides is 1. The molecule has 7 nitrogen and oxygen atoms in total. The zero-order valence-corrected chi connectivity index (χ0v) is 15.7. The van der Waals surface area contributed by atoms with Crippen LogP contribution in [0.25, 0.3) is 0 Å². The van der Waals surface area contributed by atoms with Crippen molar-refractivity contribution in [3.05, 3.63) is 40.7 Å². The standard InChI is InChI=1S/C16H22ClN5O2S/c1-12-4-2-6-15(17)16(12)25(23,24)22-7-3-5-13(10-22)9-21-11-14(8-18)19-20-21/h2,4,6,11,13H,3,5,7-10,18H2,1H3. The average molecular weight is 384 g/mol. The molecule has 25 heavy (non-hydrogen) atoms. The summed E-state index contributed by atoms with van der Waals surface area (Å²) in [4.78, 5) is 0.212. The lowest BCUT2D eigenvalue weighted by molar-refractivity contribution is 0.238. The number of nitrogens with zero attached hydrogens (tertiary/aromatic N) is 4. The maximum atomic E-state index is 13.1. The maximum absolute atomic E-state index is 13.1. The van der Waals surface area contributed by atoms with E-state index in [9.17, 15) is 8.42 Å². The molecular weight excluding hydrogens is 362 g/mol. The Balaban J connectivity index is 1.78. The molecule has 1 fully saturated rings. The van der Waals surface area contributed by atoms with Gasteiger partial charge in [-0.25, -0.2) is 8.42 Å². The molecule has 0 saturated carbocycles. The summed E-state index contributed by atoms with van der Waals surface area (Å²) in [6.07, 6.45) is 3.57. The van der Waals surface area contributed by atoms with Crippen LogP contribution in [0.4, 0.5) is 0 Å². The zero-order valence-electron chi connectivity index (χ0n) is 14.1. The van der Waals surface area contributed by atoms with Gasteiger partial charge >= 0.3 is 0 Å². The van der Waals surface area contributed by atoms with Crippen LogP contribution >= 0.6 is 11.6 Å². The van der Waals surface area contributed by atoms with Gasteiger partial charge in [0.1, 0.15) is 4.90 Å². The number of nitrogens with two attached hydrogens (primary N) is 1. The van der Waals surface area contributed by atoms with Crippen molar-refractivity contribution in [1.82, 2.24) is 19.3 Å². The molecule has 9 heteroatoms. The van der Waals surface area contributed by atoms with Gasteiger partial charge < -0.3 is 5.73 Å². The van der Waals surface area contributed by atoms with Crippen LogP contribution < -0.4 is 5.73 Å². The number of aryl methyl sites for hydroxylation is 1. The molecule has 1 aliphatic heterocycles. The molecule has 0 spiro atoms. The summed E-state index contributed by atoms with van der Waals surface area (Å²) in [5.41, 5.74) is 6.95. The van der Waals surface area contributed by atoms with Crippen LogP contribution in [-0.2, 0) is 23.1 Å². The van der Waals surface area contributed by atoms with Gasteiger partial charge in [-0.15, -0.1) is 5.10 Å². The summed E-state index contributed by atoms with van der Waals surface area (Å²) >= 11 is 6.18. The Bertz CT molecular complexity index is 832. The van der Waals surface area contributed by atoms with E-state index in [4.69, 9.17) is 17.3 Å². The monoisotopic (exact) mass is 383 g/mol. The normalized spacial score (nSPS) is 19.2. The Hall–Kier alpha value is -1.48. The minimum absolute atomic E-state index is 0.179. The van der Waals surface area contributed by atoms with Gasteiger partial charge in [-0.2, -0.15) is 4.31 Å². The number of hydrogen-bond donors (Lipinski definition) is 1. The Morgan fingerprint density at radius 1 is 1.40 bits per heavy atom. The minimum atomic E-state index is -3.61. The van der Waals surface area contributed by atoms with Crippen LogP contribution in [-0.4, -0.2) is 40.8 Å². The quantitative estimate of drug-likeness (QED) is 0.849. The van der Waals surface area contributed by atoms with E-state index in [0.717, 1.165) is 18.5 Å². The fourth-order valence-corrected chi connectivity index (χ4v) is 5.59. The van der Waals surface area contributed by atoms with E-state index in [-0.39, 0.29) is 15.8 Å². The molecule has 136 valence electrons. The smallest absolute Gasteiger partial charge is 0.244 e. The zero-order chi connectivity index (χ0) is 18.0. The first-order chi connectivity index (χ1) is 11.9. The third kappa shape index (κ3) is 3.87. The van der Waals surface area contributed by atoms with Crippen molar-refractivity contribution < 1.29 is 8.42 Å². The second-order valence-electron chi connectivity index (χ2n) is 6.39. The number of piperidine rings is 1. The molecule has 1 unspecified atom stereocenters. The average Bonchev–Trinajstić information content (AvgIpc) is 3.02. The largest absolute Gasteiger partial charge is 0.325 e. The molecule has 0 bridgehead atoms. The van der Waals surface area contributed by atoms with Crippen molar-refractivity contribution in [3.63, 3.8) is 0 Å². The summed E-state index contributed by atoms with van der Waals surface area (Å²) in [6, 6.07) is 5.14. The summed E-state index contributed by atoms with van der Waals surface area (Å²) in [7, 11) is -3.61. The molecule has 1 atom stereocenters. The van der Waals surface area contributed by atoms with Crippen LogP contribution in [0.2, 0.25) is 5.02 Å². The van der Waals surface area contributed by atoms with Crippen molar-refractivity contribution in [2.24, 2.45) is 11.7 Å². The third-order valence-electron chi connectivity index (χ3n) is 4.48. The first-order valence-corrected chi connectivity index (χ1v) is 10.1. The molecule has 3 rings (SSSR count). The molecule has 2 heterocycles. The van der Waals surface area contributed by atoms with Crippen molar-refractivity contribution in [2.75, 3.05) is 13.1 Å². The summed E-state index contributed by atoms with van der Waals surface area (Å²) < 4.78 is 29.4. The van der Waals surface area contributed by atoms with Gasteiger partial charge in [-0.05, 0) is 37.3 Å². The maximum Gasteiger partial charge on any atom is 0.244 e. The fourth-order valence-electron chi connectivity index (χ4n) is 3.25. The van der Waals surface area contributed by atoms with Crippen LogP contribution in [0.15, 0.2) is 29.3 Å². The first-order valence-electron chi connectivity index (χ1n) is 8.26. The van der Waals surface area contributed by atoms with Crippen LogP contribution in [0, 0.1) is 12.8 Å². The Morgan fingerprint density at radius 2 is 2.20 bits per heavy atom. The number of halogens is 1. The topological polar surface area (TPSA) is 94.1 Å². The number of benzene rings is 1. The lowest BCUT2D eigenvalue weighted by Gasteiger charge is -2.32. The van der Waals surface area contributed by atoms with E-state index >= 15 is 0 Å². The third-order valence-corrected chi connectivity index (χ3v) is 6.98. The van der Waals surface area contributed by atoms with E-state index in [1.165, 1.54) is 4.31 Å². The summed E-state index contributed by atoms with van der Waals surface area (Å²) in [5.74, 6) is 0.179. The van der Waals surface area contributed by atoms with Crippen LogP contribution in [0.1, 0.15) is 24.1 Å². The lowest BCUT2D eigenvalue weighted by atomic mass is 10.00. The van der Waals surface area contributed by atoms with Crippen molar-refractivity contribution in [2.45, 2.75) is 37.8 Å². The van der Waals surface area contributed by atoms with Gasteiger partial charge in [-0.3, -0.25) is 4.68 Å². The van der Waals surface area contributed by atoms with Gasteiger partial charge in [0, 0.05) is 32.4 Å². The Labute approximate surface area is 152 Å². The molecule has 0 radical (unpaired) electrons. The molecule has 1 aromatic heterocycles. The highest BCUT2D eigenvalue weighted by Crippen LogP contribution is 2.30. The Kier molecular flexibility index (Phi) is 5.43. The Morgan fingerprint density at radius 3 is 2.88 bits per heavy atom. The van der Waals surface area contributed by atoms with Gasteiger partial charge in [0.25, 0.3) is 0 Å². The van der Waals surface area contributed by atoms with Crippen LogP contribution in [0.3, 0.4) is 0 Å². The molecule has 2 aromatic rings. The molecule has 0 aliphatic carbocycles. The highest BCUT2D eigenvalue weighted by atomic mass is 35.5. The SMILES string of the molecule is Cc1cccc(Cl)c1S(=O)(=O)N1CCCC(Cn2cc(CN)nn2)C1. The highest BCUT2D eigenvalue weighted by molar-refractivity contribution is 7.89. The predicted octanol–water partition coefficient (Wildman–Crippen LogP) is 1.80. The summed E-state index contributed by atoms with van der Waals surface area (Å²) in [5, 5.41) is 8.30. The first kappa shape index (κ1) is 18.3. The molecule has 0 amide bonds. The number of rotatable bonds is 5. The lowest BCUT2D eigenvalue weighted by Crippen LogP contribution is -2.41. The summed E-state index contributed by atoms with van der Waals surface area (Å²) in [6.45, 7) is 3.70. The second kappa shape index (κ2) is 7.41. The molecule has 2 N–H and O–H groups in total. The number of hydrogen-bond acceptors (Lipinski definition) is 5. The van der Waals surface area contributed by atoms with Crippen LogP contribution in [0.5, 0.6) is 0 Å². The van der Waals surface area contributed by atoms with Gasteiger partial charge in [0.15, 0.2) is 0 Å². The molecular formula is C16H22ClN5O2S. The van der Waals surface area contributed by atoms with Gasteiger partial charge in [-0.1, -0.05) is 28.9 Å². The minimum Gasteiger partial charge on any atom is -0.325 e. The van der Waals surface area contributed by atoms with Gasteiger partial charge in [0.05, 0.1) is 10.7 Å². The van der Waals surface area contributed by atoms with E-state index in [2.05, 4.69) is 10.3 Å². The van der Waals surface area contributed by atoms with E-state index < -0.39 is 10.0 Å². The van der Waals surface area contributed by atoms with E-state index in [1.807, 2.05) is 6.20 Å². The predicted molar refractivity (Wildman–Crippen MR) is 95.6 cm³/mol. The van der Waals surface area contributed by atoms with E-state index in [0.29, 0.717) is 31.7 Å². The van der Waals surface area contributed by atoms with Gasteiger partial charge in [0.2, 0.25) is 10.0 Å². The molecule has 1 aliphatic rings.